The minimum atomic E-state index is -0.515. The molecule has 0 saturated heterocycles. The van der Waals surface area contributed by atoms with Gasteiger partial charge in [0.05, 0.1) is 13.2 Å². The van der Waals surface area contributed by atoms with E-state index in [1.54, 1.807) is 7.11 Å². The van der Waals surface area contributed by atoms with Crippen molar-refractivity contribution in [3.05, 3.63) is 0 Å². The highest BCUT2D eigenvalue weighted by atomic mass is 32.2. The van der Waals surface area contributed by atoms with E-state index in [2.05, 4.69) is 5.32 Å². The van der Waals surface area contributed by atoms with Crippen LogP contribution >= 0.6 is 11.8 Å². The molecule has 1 unspecified atom stereocenters. The maximum atomic E-state index is 12.1. The number of hydrogen-bond donors (Lipinski definition) is 1. The SMILES string of the molecule is CCOC(=O)C(C)(CCCSCCOC)NC1CC1. The zero-order valence-corrected chi connectivity index (χ0v) is 13.2. The van der Waals surface area contributed by atoms with Crippen molar-refractivity contribution < 1.29 is 14.3 Å². The van der Waals surface area contributed by atoms with Gasteiger partial charge in [0.25, 0.3) is 0 Å². The molecule has 0 aromatic heterocycles. The number of ether oxygens (including phenoxy) is 2. The molecule has 5 heteroatoms. The van der Waals surface area contributed by atoms with Crippen molar-refractivity contribution in [1.82, 2.24) is 5.32 Å². The molecule has 0 radical (unpaired) electrons. The summed E-state index contributed by atoms with van der Waals surface area (Å²) in [5, 5.41) is 3.45. The lowest BCUT2D eigenvalue weighted by molar-refractivity contribution is -0.151. The van der Waals surface area contributed by atoms with E-state index < -0.39 is 5.54 Å². The number of carbonyl (C=O) groups excluding carboxylic acids is 1. The van der Waals surface area contributed by atoms with Crippen LogP contribution in [-0.2, 0) is 14.3 Å². The van der Waals surface area contributed by atoms with Gasteiger partial charge in [0.2, 0.25) is 0 Å². The van der Waals surface area contributed by atoms with E-state index in [0.717, 1.165) is 31.0 Å². The number of methoxy groups -OCH3 is 1. The predicted molar refractivity (Wildman–Crippen MR) is 79.6 cm³/mol. The molecule has 0 amide bonds. The van der Waals surface area contributed by atoms with Crippen LogP contribution in [0.1, 0.15) is 39.5 Å². The molecule has 1 N–H and O–H groups in total. The molecule has 19 heavy (non-hydrogen) atoms. The fraction of sp³-hybridized carbons (Fsp3) is 0.929. The first-order valence-corrected chi connectivity index (χ1v) is 8.29. The van der Waals surface area contributed by atoms with Gasteiger partial charge in [-0.15, -0.1) is 0 Å². The van der Waals surface area contributed by atoms with Crippen LogP contribution in [0.3, 0.4) is 0 Å². The molecule has 112 valence electrons. The van der Waals surface area contributed by atoms with Crippen molar-refractivity contribution in [2.45, 2.75) is 51.1 Å². The molecule has 0 heterocycles. The second-order valence-electron chi connectivity index (χ2n) is 5.18. The minimum Gasteiger partial charge on any atom is -0.465 e. The average molecular weight is 289 g/mol. The maximum Gasteiger partial charge on any atom is 0.326 e. The van der Waals surface area contributed by atoms with E-state index >= 15 is 0 Å². The van der Waals surface area contributed by atoms with Crippen molar-refractivity contribution in [3.8, 4) is 0 Å². The van der Waals surface area contributed by atoms with Gasteiger partial charge in [-0.3, -0.25) is 10.1 Å². The Labute approximate surface area is 121 Å². The molecule has 1 aliphatic carbocycles. The standard InChI is InChI=1S/C14H27NO3S/c1-4-18-13(16)14(2,15-12-6-7-12)8-5-10-19-11-9-17-3/h12,15H,4-11H2,1-3H3. The minimum absolute atomic E-state index is 0.108. The Morgan fingerprint density at radius 1 is 1.42 bits per heavy atom. The quantitative estimate of drug-likeness (QED) is 0.467. The van der Waals surface area contributed by atoms with Gasteiger partial charge < -0.3 is 9.47 Å². The van der Waals surface area contributed by atoms with Gasteiger partial charge >= 0.3 is 5.97 Å². The molecule has 0 aliphatic heterocycles. The number of rotatable bonds is 11. The number of carbonyl (C=O) groups is 1. The normalized spacial score (nSPS) is 18.1. The summed E-state index contributed by atoms with van der Waals surface area (Å²) in [5.41, 5.74) is -0.515. The van der Waals surface area contributed by atoms with Gasteiger partial charge in [0, 0.05) is 18.9 Å². The van der Waals surface area contributed by atoms with Crippen LogP contribution < -0.4 is 5.32 Å². The van der Waals surface area contributed by atoms with Gasteiger partial charge in [-0.25, -0.2) is 0 Å². The summed E-state index contributed by atoms with van der Waals surface area (Å²) < 4.78 is 10.2. The van der Waals surface area contributed by atoms with Gasteiger partial charge in [-0.05, 0) is 45.3 Å². The highest BCUT2D eigenvalue weighted by molar-refractivity contribution is 7.99. The third-order valence-electron chi connectivity index (χ3n) is 3.22. The van der Waals surface area contributed by atoms with E-state index in [4.69, 9.17) is 9.47 Å². The second kappa shape index (κ2) is 8.82. The second-order valence-corrected chi connectivity index (χ2v) is 6.40. The van der Waals surface area contributed by atoms with E-state index in [1.807, 2.05) is 25.6 Å². The molecule has 1 fully saturated rings. The number of nitrogens with one attached hydrogen (secondary N) is 1. The smallest absolute Gasteiger partial charge is 0.326 e. The van der Waals surface area contributed by atoms with Gasteiger partial charge in [0.15, 0.2) is 0 Å². The number of hydrogen-bond acceptors (Lipinski definition) is 5. The Hall–Kier alpha value is -0.260. The number of esters is 1. The van der Waals surface area contributed by atoms with E-state index in [1.165, 1.54) is 12.8 Å². The van der Waals surface area contributed by atoms with E-state index in [9.17, 15) is 4.79 Å². The lowest BCUT2D eigenvalue weighted by atomic mass is 9.96. The molecule has 1 atom stereocenters. The van der Waals surface area contributed by atoms with Gasteiger partial charge in [-0.2, -0.15) is 11.8 Å². The van der Waals surface area contributed by atoms with Crippen molar-refractivity contribution in [1.29, 1.82) is 0 Å². The molecule has 1 aliphatic rings. The maximum absolute atomic E-state index is 12.1. The summed E-state index contributed by atoms with van der Waals surface area (Å²) in [6, 6.07) is 0.510. The van der Waals surface area contributed by atoms with E-state index in [-0.39, 0.29) is 5.97 Å². The number of thioether (sulfide) groups is 1. The van der Waals surface area contributed by atoms with Crippen molar-refractivity contribution in [2.75, 3.05) is 31.8 Å². The third kappa shape index (κ3) is 6.63. The highest BCUT2D eigenvalue weighted by Gasteiger charge is 2.38. The zero-order chi connectivity index (χ0) is 14.1. The van der Waals surface area contributed by atoms with Crippen LogP contribution in [0.4, 0.5) is 0 Å². The predicted octanol–water partition coefficient (Wildman–Crippen LogP) is 2.22. The Kier molecular flexibility index (Phi) is 7.80. The summed E-state index contributed by atoms with van der Waals surface area (Å²) in [6.45, 7) is 5.07. The topological polar surface area (TPSA) is 47.6 Å². The fourth-order valence-electron chi connectivity index (χ4n) is 1.97. The molecule has 1 saturated carbocycles. The highest BCUT2D eigenvalue weighted by Crippen LogP contribution is 2.26. The van der Waals surface area contributed by atoms with Crippen LogP contribution in [0.5, 0.6) is 0 Å². The Bertz CT molecular complexity index is 271. The summed E-state index contributed by atoms with van der Waals surface area (Å²) in [4.78, 5) is 12.1. The van der Waals surface area contributed by atoms with Crippen molar-refractivity contribution in [3.63, 3.8) is 0 Å². The van der Waals surface area contributed by atoms with Crippen molar-refractivity contribution in [2.24, 2.45) is 0 Å². The first kappa shape index (κ1) is 16.8. The Morgan fingerprint density at radius 2 is 2.16 bits per heavy atom. The lowest BCUT2D eigenvalue weighted by Gasteiger charge is -2.28. The molecular formula is C14H27NO3S. The Balaban J connectivity index is 2.29. The summed E-state index contributed by atoms with van der Waals surface area (Å²) in [5.74, 6) is 1.97. The molecule has 0 aromatic rings. The molecule has 4 nitrogen and oxygen atoms in total. The van der Waals surface area contributed by atoms with Gasteiger partial charge in [-0.1, -0.05) is 0 Å². The third-order valence-corrected chi connectivity index (χ3v) is 4.26. The molecular weight excluding hydrogens is 262 g/mol. The first-order valence-electron chi connectivity index (χ1n) is 7.14. The molecule has 1 rings (SSSR count). The van der Waals surface area contributed by atoms with Crippen LogP contribution in [-0.4, -0.2) is 49.4 Å². The van der Waals surface area contributed by atoms with Crippen molar-refractivity contribution >= 4 is 17.7 Å². The molecule has 0 aromatic carbocycles. The summed E-state index contributed by atoms with van der Waals surface area (Å²) in [6.07, 6.45) is 4.21. The lowest BCUT2D eigenvalue weighted by Crippen LogP contribution is -2.51. The largest absolute Gasteiger partial charge is 0.465 e. The van der Waals surface area contributed by atoms with Gasteiger partial charge in [0.1, 0.15) is 5.54 Å². The zero-order valence-electron chi connectivity index (χ0n) is 12.4. The van der Waals surface area contributed by atoms with Crippen LogP contribution in [0.15, 0.2) is 0 Å². The summed E-state index contributed by atoms with van der Waals surface area (Å²) >= 11 is 1.87. The fourth-order valence-corrected chi connectivity index (χ4v) is 2.81. The average Bonchev–Trinajstić information content (AvgIpc) is 3.17. The van der Waals surface area contributed by atoms with Crippen LogP contribution in [0, 0.1) is 0 Å². The van der Waals surface area contributed by atoms with Crippen LogP contribution in [0.25, 0.3) is 0 Å². The summed E-state index contributed by atoms with van der Waals surface area (Å²) in [7, 11) is 1.72. The van der Waals surface area contributed by atoms with E-state index in [0.29, 0.717) is 12.6 Å². The monoisotopic (exact) mass is 289 g/mol. The Morgan fingerprint density at radius 3 is 2.74 bits per heavy atom. The van der Waals surface area contributed by atoms with Crippen LogP contribution in [0.2, 0.25) is 0 Å². The molecule has 0 bridgehead atoms. The first-order chi connectivity index (χ1) is 9.12. The molecule has 0 spiro atoms.